The number of thiazole rings is 1. The Kier molecular flexibility index (Phi) is 6.67. The van der Waals surface area contributed by atoms with E-state index < -0.39 is 0 Å². The van der Waals surface area contributed by atoms with Crippen LogP contribution in [0.15, 0.2) is 18.2 Å². The van der Waals surface area contributed by atoms with Crippen LogP contribution in [0.2, 0.25) is 0 Å². The molecule has 2 aromatic rings. The van der Waals surface area contributed by atoms with Gasteiger partial charge in [0.1, 0.15) is 15.7 Å². The van der Waals surface area contributed by atoms with E-state index in [2.05, 4.69) is 16.8 Å². The van der Waals surface area contributed by atoms with Crippen molar-refractivity contribution in [2.24, 2.45) is 0 Å². The molecule has 0 fully saturated rings. The summed E-state index contributed by atoms with van der Waals surface area (Å²) >= 11 is 1.39. The molecule has 0 bridgehead atoms. The van der Waals surface area contributed by atoms with Gasteiger partial charge in [-0.1, -0.05) is 6.92 Å². The number of hydrogen-bond donors (Lipinski definition) is 0. The van der Waals surface area contributed by atoms with Crippen LogP contribution in [0.25, 0.3) is 10.6 Å². The maximum atomic E-state index is 13.3. The van der Waals surface area contributed by atoms with E-state index in [4.69, 9.17) is 0 Å². The van der Waals surface area contributed by atoms with Crippen molar-refractivity contribution in [3.8, 4) is 10.6 Å². The highest BCUT2D eigenvalue weighted by atomic mass is 32.1. The molecule has 25 heavy (non-hydrogen) atoms. The normalized spacial score (nSPS) is 11.2. The first-order valence-electron chi connectivity index (χ1n) is 8.59. The number of amides is 1. The van der Waals surface area contributed by atoms with Gasteiger partial charge in [-0.3, -0.25) is 4.79 Å². The fourth-order valence-electron chi connectivity index (χ4n) is 2.57. The lowest BCUT2D eigenvalue weighted by Gasteiger charge is -2.23. The van der Waals surface area contributed by atoms with Crippen LogP contribution in [0.3, 0.4) is 0 Å². The van der Waals surface area contributed by atoms with Gasteiger partial charge in [-0.25, -0.2) is 9.37 Å². The molecule has 0 saturated carbocycles. The van der Waals surface area contributed by atoms with E-state index in [1.807, 2.05) is 32.7 Å². The van der Waals surface area contributed by atoms with Crippen molar-refractivity contribution in [2.75, 3.05) is 33.2 Å². The number of benzene rings is 1. The molecular weight excluding hydrogens is 337 g/mol. The molecule has 1 aromatic carbocycles. The number of aromatic nitrogens is 1. The monoisotopic (exact) mass is 363 g/mol. The van der Waals surface area contributed by atoms with Gasteiger partial charge < -0.3 is 9.80 Å². The van der Waals surface area contributed by atoms with Crippen LogP contribution in [0.1, 0.15) is 34.8 Å². The minimum atomic E-state index is -0.261. The van der Waals surface area contributed by atoms with Crippen LogP contribution < -0.4 is 0 Å². The standard InChI is InChI=1S/C19H26FN3OS/c1-6-22(5)10-11-23(7-2)19(24)17-14(4)21-18(25-17)16-9-8-15(20)12-13(16)3/h8-9,12H,6-7,10-11H2,1-5H3. The van der Waals surface area contributed by atoms with E-state index in [-0.39, 0.29) is 11.7 Å². The summed E-state index contributed by atoms with van der Waals surface area (Å²) in [5.74, 6) is -0.240. The number of carbonyl (C=O) groups is 1. The van der Waals surface area contributed by atoms with Crippen molar-refractivity contribution in [3.05, 3.63) is 40.2 Å². The molecular formula is C19H26FN3OS. The summed E-state index contributed by atoms with van der Waals surface area (Å²) in [6, 6.07) is 4.65. The first kappa shape index (κ1) is 19.5. The van der Waals surface area contributed by atoms with E-state index >= 15 is 0 Å². The molecule has 0 aliphatic carbocycles. The van der Waals surface area contributed by atoms with Gasteiger partial charge in [-0.2, -0.15) is 0 Å². The lowest BCUT2D eigenvalue weighted by Crippen LogP contribution is -2.37. The molecule has 0 spiro atoms. The highest BCUT2D eigenvalue weighted by Gasteiger charge is 2.21. The third-order valence-corrected chi connectivity index (χ3v) is 5.55. The van der Waals surface area contributed by atoms with Gasteiger partial charge in [-0.05, 0) is 58.1 Å². The maximum absolute atomic E-state index is 13.3. The molecule has 136 valence electrons. The van der Waals surface area contributed by atoms with Crippen molar-refractivity contribution in [1.29, 1.82) is 0 Å². The minimum absolute atomic E-state index is 0.0213. The average molecular weight is 364 g/mol. The highest BCUT2D eigenvalue weighted by molar-refractivity contribution is 7.17. The van der Waals surface area contributed by atoms with Gasteiger partial charge in [0.2, 0.25) is 0 Å². The highest BCUT2D eigenvalue weighted by Crippen LogP contribution is 2.31. The zero-order valence-electron chi connectivity index (χ0n) is 15.6. The molecule has 1 heterocycles. The molecule has 0 unspecified atom stereocenters. The summed E-state index contributed by atoms with van der Waals surface area (Å²) in [7, 11) is 2.05. The molecule has 0 aliphatic rings. The SMILES string of the molecule is CCN(C)CCN(CC)C(=O)c1sc(-c2ccc(F)cc2C)nc1C. The quantitative estimate of drug-likeness (QED) is 0.747. The van der Waals surface area contributed by atoms with Crippen molar-refractivity contribution < 1.29 is 9.18 Å². The van der Waals surface area contributed by atoms with Crippen molar-refractivity contribution in [3.63, 3.8) is 0 Å². The lowest BCUT2D eigenvalue weighted by atomic mass is 10.1. The number of nitrogens with zero attached hydrogens (tertiary/aromatic N) is 3. The van der Waals surface area contributed by atoms with Gasteiger partial charge in [0.05, 0.1) is 5.69 Å². The predicted molar refractivity (Wildman–Crippen MR) is 102 cm³/mol. The second-order valence-corrected chi connectivity index (χ2v) is 7.17. The molecule has 1 aromatic heterocycles. The summed E-state index contributed by atoms with van der Waals surface area (Å²) in [5, 5.41) is 0.764. The molecule has 1 amide bonds. The lowest BCUT2D eigenvalue weighted by molar-refractivity contribution is 0.0755. The molecule has 6 heteroatoms. The second kappa shape index (κ2) is 8.54. The van der Waals surface area contributed by atoms with E-state index in [0.29, 0.717) is 18.0 Å². The topological polar surface area (TPSA) is 36.4 Å². The second-order valence-electron chi connectivity index (χ2n) is 6.17. The summed E-state index contributed by atoms with van der Waals surface area (Å²) in [4.78, 5) is 22.2. The first-order chi connectivity index (χ1) is 11.9. The number of rotatable bonds is 7. The summed E-state index contributed by atoms with van der Waals surface area (Å²) in [6.45, 7) is 11.0. The van der Waals surface area contributed by atoms with Gasteiger partial charge in [0.25, 0.3) is 5.91 Å². The fourth-order valence-corrected chi connectivity index (χ4v) is 3.70. The Labute approximate surface area is 153 Å². The number of likely N-dealkylation sites (N-methyl/N-ethyl adjacent to an activating group) is 2. The Morgan fingerprint density at radius 1 is 1.20 bits per heavy atom. The molecule has 0 saturated heterocycles. The maximum Gasteiger partial charge on any atom is 0.265 e. The Morgan fingerprint density at radius 2 is 1.92 bits per heavy atom. The number of hydrogen-bond acceptors (Lipinski definition) is 4. The predicted octanol–water partition coefficient (Wildman–Crippen LogP) is 3.98. The molecule has 4 nitrogen and oxygen atoms in total. The van der Waals surface area contributed by atoms with Crippen LogP contribution in [0.4, 0.5) is 4.39 Å². The van der Waals surface area contributed by atoms with Gasteiger partial charge >= 0.3 is 0 Å². The van der Waals surface area contributed by atoms with Crippen LogP contribution in [0.5, 0.6) is 0 Å². The summed E-state index contributed by atoms with van der Waals surface area (Å²) in [5.41, 5.74) is 2.43. The van der Waals surface area contributed by atoms with Crippen molar-refractivity contribution in [1.82, 2.24) is 14.8 Å². The summed E-state index contributed by atoms with van der Waals surface area (Å²) in [6.07, 6.45) is 0. The summed E-state index contributed by atoms with van der Waals surface area (Å²) < 4.78 is 13.3. The van der Waals surface area contributed by atoms with E-state index in [9.17, 15) is 9.18 Å². The zero-order valence-corrected chi connectivity index (χ0v) is 16.4. The largest absolute Gasteiger partial charge is 0.337 e. The first-order valence-corrected chi connectivity index (χ1v) is 9.40. The zero-order chi connectivity index (χ0) is 18.6. The number of halogens is 1. The van der Waals surface area contributed by atoms with Crippen LogP contribution in [-0.4, -0.2) is 53.9 Å². The third-order valence-electron chi connectivity index (χ3n) is 4.37. The van der Waals surface area contributed by atoms with Crippen LogP contribution in [-0.2, 0) is 0 Å². The molecule has 0 radical (unpaired) electrons. The van der Waals surface area contributed by atoms with Crippen LogP contribution >= 0.6 is 11.3 Å². The Morgan fingerprint density at radius 3 is 2.52 bits per heavy atom. The van der Waals surface area contributed by atoms with E-state index in [0.717, 1.165) is 34.9 Å². The molecule has 0 aliphatic heterocycles. The van der Waals surface area contributed by atoms with E-state index in [1.165, 1.54) is 23.5 Å². The van der Waals surface area contributed by atoms with Gasteiger partial charge in [-0.15, -0.1) is 11.3 Å². The Hall–Kier alpha value is -1.79. The van der Waals surface area contributed by atoms with Crippen molar-refractivity contribution >= 4 is 17.2 Å². The van der Waals surface area contributed by atoms with E-state index in [1.54, 1.807) is 6.07 Å². The Bertz CT molecular complexity index is 744. The van der Waals surface area contributed by atoms with Crippen LogP contribution in [0, 0.1) is 19.7 Å². The minimum Gasteiger partial charge on any atom is -0.337 e. The molecule has 2 rings (SSSR count). The van der Waals surface area contributed by atoms with Crippen molar-refractivity contribution in [2.45, 2.75) is 27.7 Å². The van der Waals surface area contributed by atoms with Gasteiger partial charge in [0.15, 0.2) is 0 Å². The van der Waals surface area contributed by atoms with Gasteiger partial charge in [0, 0.05) is 25.2 Å². The smallest absolute Gasteiger partial charge is 0.265 e. The average Bonchev–Trinajstić information content (AvgIpc) is 2.96. The number of aryl methyl sites for hydroxylation is 2. The third kappa shape index (κ3) is 4.64. The molecule has 0 atom stereocenters. The fraction of sp³-hybridized carbons (Fsp3) is 0.474. The number of carbonyl (C=O) groups excluding carboxylic acids is 1. The molecule has 0 N–H and O–H groups in total. The Balaban J connectivity index is 2.24.